The van der Waals surface area contributed by atoms with E-state index in [2.05, 4.69) is 15.4 Å². The molecule has 0 saturated heterocycles. The predicted octanol–water partition coefficient (Wildman–Crippen LogP) is 3.57. The van der Waals surface area contributed by atoms with Gasteiger partial charge in [-0.15, -0.1) is 0 Å². The summed E-state index contributed by atoms with van der Waals surface area (Å²) in [5.41, 5.74) is 0.175. The molecule has 0 aliphatic heterocycles. The number of fused-ring (bicyclic) bond motifs is 1. The van der Waals surface area contributed by atoms with Crippen molar-refractivity contribution in [3.8, 4) is 0 Å². The van der Waals surface area contributed by atoms with Gasteiger partial charge in [0.25, 0.3) is 5.91 Å². The summed E-state index contributed by atoms with van der Waals surface area (Å²) in [5, 5.41) is 7.53. The van der Waals surface area contributed by atoms with Crippen molar-refractivity contribution in [3.63, 3.8) is 0 Å². The molecular weight excluding hydrogens is 357 g/mol. The van der Waals surface area contributed by atoms with Crippen molar-refractivity contribution >= 4 is 28.4 Å². The highest BCUT2D eigenvalue weighted by Crippen LogP contribution is 2.29. The maximum absolute atomic E-state index is 12.7. The number of aryl methyl sites for hydroxylation is 1. The topological polar surface area (TPSA) is 59.8 Å². The summed E-state index contributed by atoms with van der Waals surface area (Å²) in [6, 6.07) is 6.48. The first kappa shape index (κ1) is 17.2. The van der Waals surface area contributed by atoms with Gasteiger partial charge in [0, 0.05) is 30.1 Å². The number of carbonyl (C=O) groups is 1. The first-order chi connectivity index (χ1) is 11.8. The van der Waals surface area contributed by atoms with E-state index in [-0.39, 0.29) is 18.0 Å². The molecule has 0 bridgehead atoms. The second-order valence-electron chi connectivity index (χ2n) is 5.37. The van der Waals surface area contributed by atoms with Gasteiger partial charge in [0.15, 0.2) is 0 Å². The fraction of sp³-hybridized carbons (Fsp3) is 0.188. The van der Waals surface area contributed by atoms with Crippen molar-refractivity contribution in [3.05, 3.63) is 58.5 Å². The molecule has 0 aliphatic rings. The fourth-order valence-electron chi connectivity index (χ4n) is 2.29. The molecule has 0 saturated carbocycles. The predicted molar refractivity (Wildman–Crippen MR) is 86.1 cm³/mol. The molecule has 1 N–H and O–H groups in total. The number of halogens is 4. The Morgan fingerprint density at radius 3 is 2.68 bits per heavy atom. The number of hydrogen-bond donors (Lipinski definition) is 1. The van der Waals surface area contributed by atoms with Crippen LogP contribution in [-0.4, -0.2) is 20.7 Å². The Hall–Kier alpha value is -2.61. The van der Waals surface area contributed by atoms with Crippen molar-refractivity contribution in [1.29, 1.82) is 0 Å². The molecule has 3 aromatic rings. The Morgan fingerprint density at radius 1 is 1.28 bits per heavy atom. The third-order valence-electron chi connectivity index (χ3n) is 3.62. The molecule has 9 heteroatoms. The summed E-state index contributed by atoms with van der Waals surface area (Å²) in [4.78, 5) is 15.8. The number of benzene rings is 1. The van der Waals surface area contributed by atoms with Gasteiger partial charge in [0.05, 0.1) is 11.7 Å². The molecule has 0 spiro atoms. The van der Waals surface area contributed by atoms with E-state index in [4.69, 9.17) is 11.6 Å². The fourth-order valence-corrected chi connectivity index (χ4v) is 2.45. The van der Waals surface area contributed by atoms with E-state index in [0.717, 1.165) is 6.07 Å². The minimum Gasteiger partial charge on any atom is -0.348 e. The molecule has 2 heterocycles. The molecule has 5 nitrogen and oxygen atoms in total. The quantitative estimate of drug-likeness (QED) is 0.768. The minimum absolute atomic E-state index is 0.168. The Balaban J connectivity index is 1.79. The summed E-state index contributed by atoms with van der Waals surface area (Å²) in [5.74, 6) is -0.373. The largest absolute Gasteiger partial charge is 0.433 e. The lowest BCUT2D eigenvalue weighted by Gasteiger charge is -2.08. The third kappa shape index (κ3) is 3.58. The van der Waals surface area contributed by atoms with Crippen LogP contribution in [0.1, 0.15) is 21.6 Å². The van der Waals surface area contributed by atoms with Gasteiger partial charge in [-0.1, -0.05) is 17.7 Å². The van der Waals surface area contributed by atoms with E-state index >= 15 is 0 Å². The van der Waals surface area contributed by atoms with E-state index in [1.807, 2.05) is 0 Å². The zero-order valence-electron chi connectivity index (χ0n) is 12.9. The van der Waals surface area contributed by atoms with Crippen molar-refractivity contribution in [2.24, 2.45) is 7.05 Å². The smallest absolute Gasteiger partial charge is 0.348 e. The summed E-state index contributed by atoms with van der Waals surface area (Å²) in [6.07, 6.45) is -2.96. The number of rotatable bonds is 3. The molecule has 3 rings (SSSR count). The van der Waals surface area contributed by atoms with Crippen LogP contribution in [0.2, 0.25) is 5.15 Å². The highest BCUT2D eigenvalue weighted by atomic mass is 35.5. The Kier molecular flexibility index (Phi) is 4.38. The first-order valence-electron chi connectivity index (χ1n) is 7.18. The molecule has 130 valence electrons. The van der Waals surface area contributed by atoms with Crippen LogP contribution in [0.25, 0.3) is 10.9 Å². The van der Waals surface area contributed by atoms with Crippen LogP contribution in [0, 0.1) is 0 Å². The molecule has 0 fully saturated rings. The second-order valence-corrected chi connectivity index (χ2v) is 5.73. The van der Waals surface area contributed by atoms with Crippen molar-refractivity contribution in [2.45, 2.75) is 12.7 Å². The summed E-state index contributed by atoms with van der Waals surface area (Å²) in [7, 11) is 1.68. The molecule has 0 aliphatic carbocycles. The number of nitrogens with one attached hydrogen (secondary N) is 1. The van der Waals surface area contributed by atoms with Crippen molar-refractivity contribution in [1.82, 2.24) is 20.1 Å². The number of amides is 1. The van der Waals surface area contributed by atoms with Gasteiger partial charge in [-0.3, -0.25) is 9.48 Å². The Morgan fingerprint density at radius 2 is 2.04 bits per heavy atom. The number of alkyl halides is 3. The van der Waals surface area contributed by atoms with Crippen molar-refractivity contribution in [2.75, 3.05) is 0 Å². The van der Waals surface area contributed by atoms with Crippen LogP contribution in [0.4, 0.5) is 13.2 Å². The van der Waals surface area contributed by atoms with Crippen LogP contribution in [-0.2, 0) is 19.8 Å². The summed E-state index contributed by atoms with van der Waals surface area (Å²) < 4.78 is 39.5. The monoisotopic (exact) mass is 368 g/mol. The lowest BCUT2D eigenvalue weighted by molar-refractivity contribution is -0.140. The lowest BCUT2D eigenvalue weighted by atomic mass is 10.1. The zero-order chi connectivity index (χ0) is 18.2. The zero-order valence-corrected chi connectivity index (χ0v) is 13.7. The molecular formula is C16H12ClF3N4O. The van der Waals surface area contributed by atoms with Gasteiger partial charge in [0.1, 0.15) is 10.8 Å². The number of carbonyl (C=O) groups excluding carboxylic acids is 1. The minimum atomic E-state index is -4.51. The highest BCUT2D eigenvalue weighted by molar-refractivity contribution is 6.30. The highest BCUT2D eigenvalue weighted by Gasteiger charge is 2.32. The number of pyridine rings is 1. The van der Waals surface area contributed by atoms with E-state index in [0.29, 0.717) is 21.7 Å². The Bertz CT molecular complexity index is 952. The molecule has 25 heavy (non-hydrogen) atoms. The SMILES string of the molecule is Cn1ncc(CNC(=O)c2ccc3nc(C(F)(F)F)ccc3c2)c1Cl. The third-order valence-corrected chi connectivity index (χ3v) is 4.10. The summed E-state index contributed by atoms with van der Waals surface area (Å²) in [6.45, 7) is 0.189. The van der Waals surface area contributed by atoms with Gasteiger partial charge in [0.2, 0.25) is 0 Å². The van der Waals surface area contributed by atoms with Crippen LogP contribution < -0.4 is 5.32 Å². The van der Waals surface area contributed by atoms with Gasteiger partial charge in [-0.25, -0.2) is 4.98 Å². The standard InChI is InChI=1S/C16H12ClF3N4O/c1-24-14(17)11(8-22-24)7-21-15(25)10-2-4-12-9(6-10)3-5-13(23-12)16(18,19)20/h2-6,8H,7H2,1H3,(H,21,25). The van der Waals surface area contributed by atoms with Crippen molar-refractivity contribution < 1.29 is 18.0 Å². The van der Waals surface area contributed by atoms with E-state index in [1.165, 1.54) is 28.9 Å². The molecule has 0 radical (unpaired) electrons. The van der Waals surface area contributed by atoms with E-state index < -0.39 is 11.9 Å². The Labute approximate surface area is 145 Å². The van der Waals surface area contributed by atoms with Crippen LogP contribution in [0.15, 0.2) is 36.5 Å². The van der Waals surface area contributed by atoms with Gasteiger partial charge in [-0.2, -0.15) is 18.3 Å². The van der Waals surface area contributed by atoms with Crippen LogP contribution in [0.5, 0.6) is 0 Å². The lowest BCUT2D eigenvalue weighted by Crippen LogP contribution is -2.22. The first-order valence-corrected chi connectivity index (χ1v) is 7.56. The average Bonchev–Trinajstić information content (AvgIpc) is 2.89. The molecule has 0 atom stereocenters. The molecule has 2 aromatic heterocycles. The molecule has 0 unspecified atom stereocenters. The van der Waals surface area contributed by atoms with Gasteiger partial charge < -0.3 is 5.32 Å². The van der Waals surface area contributed by atoms with E-state index in [1.54, 1.807) is 13.2 Å². The molecule has 1 amide bonds. The number of nitrogens with zero attached hydrogens (tertiary/aromatic N) is 3. The molecule has 1 aromatic carbocycles. The number of hydrogen-bond acceptors (Lipinski definition) is 3. The van der Waals surface area contributed by atoms with Crippen LogP contribution in [0.3, 0.4) is 0 Å². The van der Waals surface area contributed by atoms with E-state index in [9.17, 15) is 18.0 Å². The van der Waals surface area contributed by atoms with Crippen LogP contribution >= 0.6 is 11.6 Å². The maximum Gasteiger partial charge on any atom is 0.433 e. The number of aromatic nitrogens is 3. The average molecular weight is 369 g/mol. The second kappa shape index (κ2) is 6.36. The normalized spacial score (nSPS) is 11.7. The summed E-state index contributed by atoms with van der Waals surface area (Å²) >= 11 is 6.02. The maximum atomic E-state index is 12.7. The van der Waals surface area contributed by atoms with Gasteiger partial charge >= 0.3 is 6.18 Å². The van der Waals surface area contributed by atoms with Gasteiger partial charge in [-0.05, 0) is 24.3 Å².